The fourth-order valence-corrected chi connectivity index (χ4v) is 3.44. The Morgan fingerprint density at radius 3 is 2.57 bits per heavy atom. The molecule has 0 saturated heterocycles. The first-order valence-corrected chi connectivity index (χ1v) is 9.91. The van der Waals surface area contributed by atoms with E-state index in [1.54, 1.807) is 43.3 Å². The van der Waals surface area contributed by atoms with Crippen molar-refractivity contribution in [3.05, 3.63) is 59.9 Å². The summed E-state index contributed by atoms with van der Waals surface area (Å²) in [6.45, 7) is 2.26. The van der Waals surface area contributed by atoms with Crippen molar-refractivity contribution in [3.63, 3.8) is 0 Å². The molecule has 3 rings (SSSR count). The maximum absolute atomic E-state index is 13.1. The number of benzene rings is 2. The average Bonchev–Trinajstić information content (AvgIpc) is 2.71. The number of aromatic nitrogens is 2. The second-order valence-electron chi connectivity index (χ2n) is 6.14. The molecule has 0 spiro atoms. The highest BCUT2D eigenvalue weighted by molar-refractivity contribution is 8.00. The minimum Gasteiger partial charge on any atom is -0.352 e. The van der Waals surface area contributed by atoms with Crippen LogP contribution in [0.5, 0.6) is 0 Å². The summed E-state index contributed by atoms with van der Waals surface area (Å²) in [5.74, 6) is -2.12. The molecule has 3 aromatic rings. The molecule has 0 saturated carbocycles. The Morgan fingerprint density at radius 2 is 1.83 bits per heavy atom. The molecule has 10 heteroatoms. The van der Waals surface area contributed by atoms with E-state index in [1.807, 2.05) is 0 Å². The van der Waals surface area contributed by atoms with Crippen LogP contribution in [0.2, 0.25) is 0 Å². The maximum atomic E-state index is 13.1. The zero-order valence-electron chi connectivity index (χ0n) is 15.8. The van der Waals surface area contributed by atoms with Crippen LogP contribution in [0, 0.1) is 0 Å². The van der Waals surface area contributed by atoms with Crippen molar-refractivity contribution in [1.29, 1.82) is 0 Å². The summed E-state index contributed by atoms with van der Waals surface area (Å²) in [4.78, 5) is 31.4. The first-order valence-electron chi connectivity index (χ1n) is 8.93. The highest BCUT2D eigenvalue weighted by Gasteiger charge is 2.35. The first kappa shape index (κ1) is 21.6. The largest absolute Gasteiger partial charge is 0.451 e. The lowest BCUT2D eigenvalue weighted by atomic mass is 10.2. The summed E-state index contributed by atoms with van der Waals surface area (Å²) in [5, 5.41) is 5.80. The lowest BCUT2D eigenvalue weighted by molar-refractivity contribution is -0.145. The number of fused-ring (bicyclic) bond motifs is 1. The van der Waals surface area contributed by atoms with E-state index in [4.69, 9.17) is 0 Å². The van der Waals surface area contributed by atoms with Gasteiger partial charge in [0.15, 0.2) is 0 Å². The Balaban J connectivity index is 1.74. The van der Waals surface area contributed by atoms with E-state index in [9.17, 15) is 22.8 Å². The second-order valence-corrected chi connectivity index (χ2v) is 7.11. The number of carbonyl (C=O) groups excluding carboxylic acids is 2. The van der Waals surface area contributed by atoms with Crippen molar-refractivity contribution in [2.24, 2.45) is 0 Å². The van der Waals surface area contributed by atoms with Gasteiger partial charge in [-0.1, -0.05) is 36.0 Å². The van der Waals surface area contributed by atoms with Gasteiger partial charge in [0, 0.05) is 23.2 Å². The molecular formula is C20H17F3N4O2S. The molecule has 6 nitrogen and oxygen atoms in total. The summed E-state index contributed by atoms with van der Waals surface area (Å²) in [6, 6.07) is 12.7. The Kier molecular flexibility index (Phi) is 6.56. The number of hydrogen-bond acceptors (Lipinski definition) is 5. The van der Waals surface area contributed by atoms with E-state index in [0.29, 0.717) is 23.2 Å². The molecule has 2 N–H and O–H groups in total. The molecule has 30 heavy (non-hydrogen) atoms. The fraction of sp³-hybridized carbons (Fsp3) is 0.200. The van der Waals surface area contributed by atoms with Crippen LogP contribution < -0.4 is 10.6 Å². The molecule has 0 fully saturated rings. The number of thioether (sulfide) groups is 1. The Hall–Kier alpha value is -3.14. The lowest BCUT2D eigenvalue weighted by Gasteiger charge is -2.11. The third-order valence-electron chi connectivity index (χ3n) is 3.91. The molecule has 0 unspecified atom stereocenters. The zero-order chi connectivity index (χ0) is 21.7. The van der Waals surface area contributed by atoms with E-state index in [1.165, 1.54) is 12.1 Å². The molecule has 1 aromatic heterocycles. The van der Waals surface area contributed by atoms with Crippen LogP contribution in [-0.2, 0) is 11.0 Å². The topological polar surface area (TPSA) is 84.0 Å². The van der Waals surface area contributed by atoms with Crippen LogP contribution in [0.15, 0.2) is 53.6 Å². The standard InChI is InChI=1S/C20H17F3N4O2S/c1-2-24-17(29)12-6-5-7-13(10-12)25-16(28)11-30-18-14-8-3-4-9-15(14)26-19(27-18)20(21,22)23/h3-10H,2,11H2,1H3,(H,24,29)(H,25,28). The van der Waals surface area contributed by atoms with Crippen LogP contribution in [0.4, 0.5) is 18.9 Å². The van der Waals surface area contributed by atoms with Crippen LogP contribution in [0.1, 0.15) is 23.1 Å². The van der Waals surface area contributed by atoms with Gasteiger partial charge in [0.05, 0.1) is 11.3 Å². The van der Waals surface area contributed by atoms with E-state index in [-0.39, 0.29) is 22.2 Å². The average molecular weight is 434 g/mol. The van der Waals surface area contributed by atoms with Crippen LogP contribution in [0.3, 0.4) is 0 Å². The minimum atomic E-state index is -4.69. The Bertz CT molecular complexity index is 1090. The monoisotopic (exact) mass is 434 g/mol. The van der Waals surface area contributed by atoms with Gasteiger partial charge < -0.3 is 10.6 Å². The summed E-state index contributed by atoms with van der Waals surface area (Å²) >= 11 is 0.884. The number of rotatable bonds is 6. The van der Waals surface area contributed by atoms with E-state index >= 15 is 0 Å². The highest BCUT2D eigenvalue weighted by atomic mass is 32.2. The Labute approximate surface area is 174 Å². The number of anilines is 1. The van der Waals surface area contributed by atoms with Gasteiger partial charge >= 0.3 is 6.18 Å². The molecule has 0 bridgehead atoms. The van der Waals surface area contributed by atoms with Crippen molar-refractivity contribution in [2.75, 3.05) is 17.6 Å². The SMILES string of the molecule is CCNC(=O)c1cccc(NC(=O)CSc2nc(C(F)(F)F)nc3ccccc23)c1. The van der Waals surface area contributed by atoms with Gasteiger partial charge in [0.2, 0.25) is 11.7 Å². The summed E-state index contributed by atoms with van der Waals surface area (Å²) in [5.41, 5.74) is 0.948. The second kappa shape index (κ2) is 9.12. The van der Waals surface area contributed by atoms with Gasteiger partial charge in [0.1, 0.15) is 5.03 Å². The smallest absolute Gasteiger partial charge is 0.352 e. The predicted octanol–water partition coefficient (Wildman–Crippen LogP) is 4.13. The molecule has 156 valence electrons. The molecule has 2 aromatic carbocycles. The number of carbonyl (C=O) groups is 2. The van der Waals surface area contributed by atoms with E-state index < -0.39 is 17.9 Å². The van der Waals surface area contributed by atoms with Gasteiger partial charge in [-0.25, -0.2) is 9.97 Å². The van der Waals surface area contributed by atoms with Gasteiger partial charge in [-0.3, -0.25) is 9.59 Å². The number of hydrogen-bond donors (Lipinski definition) is 2. The number of nitrogens with zero attached hydrogens (tertiary/aromatic N) is 2. The molecule has 0 radical (unpaired) electrons. The maximum Gasteiger partial charge on any atom is 0.451 e. The highest BCUT2D eigenvalue weighted by Crippen LogP contribution is 2.32. The summed E-state index contributed by atoms with van der Waals surface area (Å²) < 4.78 is 39.3. The zero-order valence-corrected chi connectivity index (χ0v) is 16.6. The summed E-state index contributed by atoms with van der Waals surface area (Å²) in [7, 11) is 0. The molecule has 0 aliphatic carbocycles. The van der Waals surface area contributed by atoms with Crippen molar-refractivity contribution in [3.8, 4) is 0 Å². The molecular weight excluding hydrogens is 417 g/mol. The van der Waals surface area contributed by atoms with Gasteiger partial charge in [-0.2, -0.15) is 13.2 Å². The van der Waals surface area contributed by atoms with Crippen molar-refractivity contribution >= 4 is 40.2 Å². The Morgan fingerprint density at radius 1 is 1.07 bits per heavy atom. The number of para-hydroxylation sites is 1. The van der Waals surface area contributed by atoms with Crippen LogP contribution >= 0.6 is 11.8 Å². The number of amides is 2. The predicted molar refractivity (Wildman–Crippen MR) is 108 cm³/mol. The molecule has 2 amide bonds. The quantitative estimate of drug-likeness (QED) is 0.450. The minimum absolute atomic E-state index is 0.0687. The van der Waals surface area contributed by atoms with E-state index in [0.717, 1.165) is 11.8 Å². The van der Waals surface area contributed by atoms with Gasteiger partial charge in [0.25, 0.3) is 5.91 Å². The third kappa shape index (κ3) is 5.26. The van der Waals surface area contributed by atoms with Gasteiger partial charge in [-0.05, 0) is 31.2 Å². The molecule has 0 aliphatic heterocycles. The molecule has 0 atom stereocenters. The van der Waals surface area contributed by atoms with Crippen LogP contribution in [-0.4, -0.2) is 34.1 Å². The molecule has 1 heterocycles. The van der Waals surface area contributed by atoms with E-state index in [2.05, 4.69) is 20.6 Å². The normalized spacial score (nSPS) is 11.3. The van der Waals surface area contributed by atoms with Crippen molar-refractivity contribution < 1.29 is 22.8 Å². The third-order valence-corrected chi connectivity index (χ3v) is 4.90. The number of alkyl halides is 3. The molecule has 0 aliphatic rings. The first-order chi connectivity index (χ1) is 14.3. The van der Waals surface area contributed by atoms with Gasteiger partial charge in [-0.15, -0.1) is 0 Å². The van der Waals surface area contributed by atoms with Crippen LogP contribution in [0.25, 0.3) is 10.9 Å². The van der Waals surface area contributed by atoms with Crippen molar-refractivity contribution in [1.82, 2.24) is 15.3 Å². The summed E-state index contributed by atoms with van der Waals surface area (Å²) in [6.07, 6.45) is -4.69. The number of nitrogens with one attached hydrogen (secondary N) is 2. The lowest BCUT2D eigenvalue weighted by Crippen LogP contribution is -2.23. The number of halogens is 3. The fourth-order valence-electron chi connectivity index (χ4n) is 2.62. The van der Waals surface area contributed by atoms with Crippen molar-refractivity contribution in [2.45, 2.75) is 18.1 Å².